The van der Waals surface area contributed by atoms with Gasteiger partial charge in [-0.2, -0.15) is 0 Å². The lowest BCUT2D eigenvalue weighted by atomic mass is 10.0. The van der Waals surface area contributed by atoms with Gasteiger partial charge in [0.05, 0.1) is 19.3 Å². The van der Waals surface area contributed by atoms with E-state index in [-0.39, 0.29) is 24.0 Å². The molecule has 2 rings (SSSR count). The molecular weight excluding hydrogens is 256 g/mol. The van der Waals surface area contributed by atoms with Crippen LogP contribution in [0.4, 0.5) is 0 Å². The number of rotatable bonds is 3. The Balaban J connectivity index is 2.08. The van der Waals surface area contributed by atoms with E-state index in [4.69, 9.17) is 4.74 Å². The molecule has 1 aliphatic heterocycles. The lowest BCUT2D eigenvalue weighted by Crippen LogP contribution is -2.59. The van der Waals surface area contributed by atoms with Crippen molar-refractivity contribution < 1.29 is 14.3 Å². The number of nitrogens with one attached hydrogen (secondary N) is 1. The second kappa shape index (κ2) is 7.18. The number of Topliss-reactive ketones (excluding diaryl/α,β-unsaturated/α-hetero) is 1. The molecule has 1 saturated heterocycles. The molecule has 2 atom stereocenters. The van der Waals surface area contributed by atoms with Gasteiger partial charge in [-0.05, 0) is 26.7 Å². The van der Waals surface area contributed by atoms with E-state index < -0.39 is 0 Å². The van der Waals surface area contributed by atoms with Gasteiger partial charge in [0, 0.05) is 19.0 Å². The first-order valence-corrected chi connectivity index (χ1v) is 7.76. The van der Waals surface area contributed by atoms with E-state index in [1.807, 2.05) is 13.8 Å². The highest BCUT2D eigenvalue weighted by Crippen LogP contribution is 2.23. The fourth-order valence-corrected chi connectivity index (χ4v) is 3.09. The minimum Gasteiger partial charge on any atom is -0.378 e. The molecule has 2 aliphatic rings. The lowest BCUT2D eigenvalue weighted by molar-refractivity contribution is -0.139. The molecule has 0 bridgehead atoms. The number of morpholine rings is 1. The molecule has 5 nitrogen and oxygen atoms in total. The molecular formula is C15H26N2O3. The third-order valence-electron chi connectivity index (χ3n) is 4.08. The molecule has 2 unspecified atom stereocenters. The highest BCUT2D eigenvalue weighted by molar-refractivity contribution is 5.87. The average molecular weight is 282 g/mol. The Labute approximate surface area is 121 Å². The summed E-state index contributed by atoms with van der Waals surface area (Å²) in [5.41, 5.74) is 0. The topological polar surface area (TPSA) is 58.6 Å². The van der Waals surface area contributed by atoms with Crippen LogP contribution in [0, 0.1) is 0 Å². The van der Waals surface area contributed by atoms with Gasteiger partial charge in [0.15, 0.2) is 0 Å². The first kappa shape index (κ1) is 15.4. The summed E-state index contributed by atoms with van der Waals surface area (Å²) in [5, 5.41) is 2.94. The van der Waals surface area contributed by atoms with Crippen molar-refractivity contribution in [1.82, 2.24) is 10.2 Å². The second-order valence-corrected chi connectivity index (χ2v) is 6.07. The summed E-state index contributed by atoms with van der Waals surface area (Å²) in [6.45, 7) is 5.57. The van der Waals surface area contributed by atoms with Gasteiger partial charge < -0.3 is 10.1 Å². The van der Waals surface area contributed by atoms with E-state index in [9.17, 15) is 9.59 Å². The van der Waals surface area contributed by atoms with Crippen molar-refractivity contribution in [3.05, 3.63) is 0 Å². The van der Waals surface area contributed by atoms with E-state index in [0.29, 0.717) is 32.0 Å². The summed E-state index contributed by atoms with van der Waals surface area (Å²) < 4.78 is 5.46. The maximum absolute atomic E-state index is 12.3. The average Bonchev–Trinajstić information content (AvgIpc) is 2.62. The van der Waals surface area contributed by atoms with Crippen LogP contribution in [0.1, 0.15) is 46.0 Å². The highest BCUT2D eigenvalue weighted by Gasteiger charge is 2.37. The van der Waals surface area contributed by atoms with Crippen LogP contribution in [0.2, 0.25) is 0 Å². The van der Waals surface area contributed by atoms with Crippen LogP contribution in [-0.4, -0.2) is 54.5 Å². The molecule has 0 aromatic carbocycles. The zero-order valence-electron chi connectivity index (χ0n) is 12.6. The summed E-state index contributed by atoms with van der Waals surface area (Å²) in [4.78, 5) is 26.7. The summed E-state index contributed by atoms with van der Waals surface area (Å²) >= 11 is 0. The fraction of sp³-hybridized carbons (Fsp3) is 0.867. The van der Waals surface area contributed by atoms with Crippen molar-refractivity contribution in [3.63, 3.8) is 0 Å². The molecule has 2 fully saturated rings. The first-order chi connectivity index (χ1) is 9.59. The zero-order chi connectivity index (χ0) is 14.5. The first-order valence-electron chi connectivity index (χ1n) is 7.76. The third kappa shape index (κ3) is 3.79. The monoisotopic (exact) mass is 282 g/mol. The predicted octanol–water partition coefficient (Wildman–Crippen LogP) is 1.11. The summed E-state index contributed by atoms with van der Waals surface area (Å²) in [6.07, 6.45) is 4.72. The maximum atomic E-state index is 12.3. The van der Waals surface area contributed by atoms with Crippen molar-refractivity contribution in [2.75, 3.05) is 19.8 Å². The standard InChI is InChI=1S/C15H26N2O3/c1-11(2)16-15(19)13-10-20-9-8-17(13)12-6-4-3-5-7-14(12)18/h11-13H,3-10H2,1-2H3,(H,16,19). The van der Waals surface area contributed by atoms with Crippen LogP contribution in [0.3, 0.4) is 0 Å². The number of amides is 1. The largest absolute Gasteiger partial charge is 0.378 e. The highest BCUT2D eigenvalue weighted by atomic mass is 16.5. The van der Waals surface area contributed by atoms with Gasteiger partial charge in [0.2, 0.25) is 5.91 Å². The number of carbonyl (C=O) groups excluding carboxylic acids is 2. The van der Waals surface area contributed by atoms with Crippen LogP contribution in [0.25, 0.3) is 0 Å². The maximum Gasteiger partial charge on any atom is 0.239 e. The number of ether oxygens (including phenoxy) is 1. The quantitative estimate of drug-likeness (QED) is 0.788. The van der Waals surface area contributed by atoms with E-state index in [1.54, 1.807) is 0 Å². The molecule has 1 N–H and O–H groups in total. The van der Waals surface area contributed by atoms with E-state index in [0.717, 1.165) is 25.7 Å². The fourth-order valence-electron chi connectivity index (χ4n) is 3.09. The Morgan fingerprint density at radius 2 is 2.15 bits per heavy atom. The molecule has 0 radical (unpaired) electrons. The van der Waals surface area contributed by atoms with Crippen LogP contribution in [-0.2, 0) is 14.3 Å². The van der Waals surface area contributed by atoms with Crippen molar-refractivity contribution >= 4 is 11.7 Å². The molecule has 1 aliphatic carbocycles. The number of hydrogen-bond acceptors (Lipinski definition) is 4. The second-order valence-electron chi connectivity index (χ2n) is 6.07. The van der Waals surface area contributed by atoms with Gasteiger partial charge in [0.1, 0.15) is 11.8 Å². The number of hydrogen-bond donors (Lipinski definition) is 1. The smallest absolute Gasteiger partial charge is 0.239 e. The summed E-state index contributed by atoms with van der Waals surface area (Å²) in [7, 11) is 0. The SMILES string of the molecule is CC(C)NC(=O)C1COCCN1C1CCCCCC1=O. The predicted molar refractivity (Wildman–Crippen MR) is 76.5 cm³/mol. The Bertz CT molecular complexity index is 357. The molecule has 0 aromatic heterocycles. The molecule has 0 spiro atoms. The van der Waals surface area contributed by atoms with Crippen molar-refractivity contribution in [2.24, 2.45) is 0 Å². The van der Waals surface area contributed by atoms with E-state index in [1.165, 1.54) is 0 Å². The Kier molecular flexibility index (Phi) is 5.54. The minimum absolute atomic E-state index is 0.0169. The van der Waals surface area contributed by atoms with E-state index in [2.05, 4.69) is 10.2 Å². The molecule has 5 heteroatoms. The van der Waals surface area contributed by atoms with Gasteiger partial charge in [-0.1, -0.05) is 12.8 Å². The third-order valence-corrected chi connectivity index (χ3v) is 4.08. The van der Waals surface area contributed by atoms with Crippen LogP contribution >= 0.6 is 0 Å². The normalized spacial score (nSPS) is 29.2. The van der Waals surface area contributed by atoms with Gasteiger partial charge in [-0.25, -0.2) is 0 Å². The molecule has 1 heterocycles. The Morgan fingerprint density at radius 1 is 1.35 bits per heavy atom. The Hall–Kier alpha value is -0.940. The number of carbonyl (C=O) groups is 2. The molecule has 20 heavy (non-hydrogen) atoms. The van der Waals surface area contributed by atoms with Gasteiger partial charge in [-0.3, -0.25) is 14.5 Å². The van der Waals surface area contributed by atoms with Gasteiger partial charge in [-0.15, -0.1) is 0 Å². The number of nitrogens with zero attached hydrogens (tertiary/aromatic N) is 1. The molecule has 114 valence electrons. The molecule has 1 saturated carbocycles. The van der Waals surface area contributed by atoms with Crippen LogP contribution in [0.5, 0.6) is 0 Å². The lowest BCUT2D eigenvalue weighted by Gasteiger charge is -2.39. The number of ketones is 1. The van der Waals surface area contributed by atoms with Crippen LogP contribution in [0.15, 0.2) is 0 Å². The molecule has 0 aromatic rings. The van der Waals surface area contributed by atoms with Crippen molar-refractivity contribution in [2.45, 2.75) is 64.1 Å². The Morgan fingerprint density at radius 3 is 2.90 bits per heavy atom. The van der Waals surface area contributed by atoms with Crippen molar-refractivity contribution in [3.8, 4) is 0 Å². The van der Waals surface area contributed by atoms with Crippen LogP contribution < -0.4 is 5.32 Å². The summed E-state index contributed by atoms with van der Waals surface area (Å²) in [5.74, 6) is 0.281. The van der Waals surface area contributed by atoms with Gasteiger partial charge in [0.25, 0.3) is 0 Å². The van der Waals surface area contributed by atoms with E-state index >= 15 is 0 Å². The molecule has 1 amide bonds. The minimum atomic E-state index is -0.321. The zero-order valence-corrected chi connectivity index (χ0v) is 12.6. The summed E-state index contributed by atoms with van der Waals surface area (Å²) in [6, 6.07) is -0.307. The van der Waals surface area contributed by atoms with Gasteiger partial charge >= 0.3 is 0 Å². The van der Waals surface area contributed by atoms with Crippen molar-refractivity contribution in [1.29, 1.82) is 0 Å².